The minimum absolute atomic E-state index is 0.123. The first-order valence-corrected chi connectivity index (χ1v) is 8.30. The molecule has 116 valence electrons. The van der Waals surface area contributed by atoms with Gasteiger partial charge in [-0.2, -0.15) is 11.3 Å². The van der Waals surface area contributed by atoms with Gasteiger partial charge in [-0.15, -0.1) is 0 Å². The number of ketones is 1. The van der Waals surface area contributed by atoms with E-state index in [-0.39, 0.29) is 17.3 Å². The summed E-state index contributed by atoms with van der Waals surface area (Å²) in [4.78, 5) is 14.7. The number of halogens is 2. The maximum Gasteiger partial charge on any atom is 0.170 e. The molecule has 22 heavy (non-hydrogen) atoms. The number of likely N-dealkylation sites (tertiary alicyclic amines) is 1. The van der Waals surface area contributed by atoms with E-state index in [0.717, 1.165) is 44.1 Å². The monoisotopic (exact) mass is 321 g/mol. The van der Waals surface area contributed by atoms with Crippen LogP contribution in [0.1, 0.15) is 28.8 Å². The molecule has 0 spiro atoms. The average molecular weight is 321 g/mol. The van der Waals surface area contributed by atoms with Gasteiger partial charge >= 0.3 is 0 Å². The fourth-order valence-corrected chi connectivity index (χ4v) is 3.62. The van der Waals surface area contributed by atoms with Gasteiger partial charge in [0.1, 0.15) is 11.6 Å². The van der Waals surface area contributed by atoms with Crippen LogP contribution in [0.25, 0.3) is 0 Å². The van der Waals surface area contributed by atoms with Gasteiger partial charge in [-0.05, 0) is 60.0 Å². The molecule has 2 heterocycles. The Hall–Kier alpha value is -1.59. The molecular formula is C17H17F2NOS. The van der Waals surface area contributed by atoms with Gasteiger partial charge in [0, 0.05) is 19.0 Å². The van der Waals surface area contributed by atoms with Crippen molar-refractivity contribution in [2.75, 3.05) is 13.1 Å². The van der Waals surface area contributed by atoms with E-state index in [2.05, 4.69) is 16.3 Å². The van der Waals surface area contributed by atoms with Crippen LogP contribution < -0.4 is 0 Å². The van der Waals surface area contributed by atoms with Gasteiger partial charge in [0.25, 0.3) is 0 Å². The number of benzene rings is 1. The Morgan fingerprint density at radius 1 is 1.32 bits per heavy atom. The second-order valence-corrected chi connectivity index (χ2v) is 6.47. The zero-order valence-corrected chi connectivity index (χ0v) is 12.9. The minimum atomic E-state index is -0.638. The van der Waals surface area contributed by atoms with Crippen LogP contribution >= 0.6 is 11.3 Å². The molecule has 3 rings (SSSR count). The van der Waals surface area contributed by atoms with Crippen LogP contribution in [0.5, 0.6) is 0 Å². The van der Waals surface area contributed by atoms with E-state index in [1.54, 1.807) is 11.3 Å². The molecule has 1 aromatic carbocycles. The highest BCUT2D eigenvalue weighted by atomic mass is 32.1. The predicted molar refractivity (Wildman–Crippen MR) is 83.0 cm³/mol. The van der Waals surface area contributed by atoms with Crippen molar-refractivity contribution in [1.82, 2.24) is 4.90 Å². The van der Waals surface area contributed by atoms with Gasteiger partial charge in [-0.1, -0.05) is 0 Å². The third-order valence-electron chi connectivity index (χ3n) is 4.06. The van der Waals surface area contributed by atoms with E-state index in [4.69, 9.17) is 0 Å². The van der Waals surface area contributed by atoms with Gasteiger partial charge in [0.15, 0.2) is 5.78 Å². The Bertz CT molecular complexity index is 657. The summed E-state index contributed by atoms with van der Waals surface area (Å²) in [7, 11) is 0. The molecule has 1 atom stereocenters. The summed E-state index contributed by atoms with van der Waals surface area (Å²) in [6.07, 6.45) is 1.63. The zero-order chi connectivity index (χ0) is 15.5. The lowest BCUT2D eigenvalue weighted by Gasteiger charge is -2.31. The number of thiophene rings is 1. The molecule has 0 amide bonds. The molecule has 1 unspecified atom stereocenters. The molecule has 1 saturated heterocycles. The molecule has 1 fully saturated rings. The summed E-state index contributed by atoms with van der Waals surface area (Å²) in [5.41, 5.74) is 1.11. The van der Waals surface area contributed by atoms with E-state index in [0.29, 0.717) is 6.54 Å². The summed E-state index contributed by atoms with van der Waals surface area (Å²) in [6.45, 7) is 2.34. The normalized spacial score (nSPS) is 19.3. The van der Waals surface area contributed by atoms with E-state index in [9.17, 15) is 13.6 Å². The zero-order valence-electron chi connectivity index (χ0n) is 12.1. The number of hydrogen-bond donors (Lipinski definition) is 0. The van der Waals surface area contributed by atoms with Gasteiger partial charge in [0.2, 0.25) is 0 Å². The van der Waals surface area contributed by atoms with Crippen LogP contribution in [-0.4, -0.2) is 23.8 Å². The molecule has 0 radical (unpaired) electrons. The number of carbonyl (C=O) groups excluding carboxylic acids is 1. The summed E-state index contributed by atoms with van der Waals surface area (Å²) in [5.74, 6) is -1.76. The van der Waals surface area contributed by atoms with Crippen molar-refractivity contribution in [3.05, 3.63) is 57.8 Å². The molecule has 0 aliphatic carbocycles. The van der Waals surface area contributed by atoms with Crippen molar-refractivity contribution in [3.8, 4) is 0 Å². The SMILES string of the molecule is O=C(c1cc(F)ccc1F)C1CCCN(Cc2ccsc2)C1. The summed E-state index contributed by atoms with van der Waals surface area (Å²) in [5, 5.41) is 4.13. The number of piperidine rings is 1. The van der Waals surface area contributed by atoms with E-state index < -0.39 is 11.6 Å². The highest BCUT2D eigenvalue weighted by Crippen LogP contribution is 2.24. The van der Waals surface area contributed by atoms with Crippen molar-refractivity contribution in [1.29, 1.82) is 0 Å². The van der Waals surface area contributed by atoms with E-state index in [1.807, 2.05) is 5.38 Å². The Morgan fingerprint density at radius 3 is 2.95 bits per heavy atom. The number of hydrogen-bond acceptors (Lipinski definition) is 3. The number of nitrogens with zero attached hydrogens (tertiary/aromatic N) is 1. The Balaban J connectivity index is 1.71. The molecule has 0 saturated carbocycles. The smallest absolute Gasteiger partial charge is 0.170 e. The van der Waals surface area contributed by atoms with E-state index in [1.165, 1.54) is 5.56 Å². The first-order valence-electron chi connectivity index (χ1n) is 7.36. The van der Waals surface area contributed by atoms with Crippen molar-refractivity contribution in [2.24, 2.45) is 5.92 Å². The van der Waals surface area contributed by atoms with E-state index >= 15 is 0 Å². The molecule has 5 heteroatoms. The first kappa shape index (κ1) is 15.3. The molecule has 1 aliphatic rings. The Kier molecular flexibility index (Phi) is 4.64. The quantitative estimate of drug-likeness (QED) is 0.790. The highest BCUT2D eigenvalue weighted by molar-refractivity contribution is 7.07. The molecular weight excluding hydrogens is 304 g/mol. The predicted octanol–water partition coefficient (Wildman–Crippen LogP) is 4.12. The van der Waals surface area contributed by atoms with Crippen LogP contribution in [0.15, 0.2) is 35.0 Å². The number of Topliss-reactive ketones (excluding diaryl/α,β-unsaturated/α-hetero) is 1. The molecule has 1 aliphatic heterocycles. The largest absolute Gasteiger partial charge is 0.298 e. The van der Waals surface area contributed by atoms with Crippen LogP contribution in [-0.2, 0) is 6.54 Å². The van der Waals surface area contributed by atoms with Crippen molar-refractivity contribution >= 4 is 17.1 Å². The van der Waals surface area contributed by atoms with Crippen molar-refractivity contribution < 1.29 is 13.6 Å². The maximum atomic E-state index is 13.8. The second-order valence-electron chi connectivity index (χ2n) is 5.69. The van der Waals surface area contributed by atoms with Gasteiger partial charge in [-0.3, -0.25) is 9.69 Å². The Labute approximate surface area is 132 Å². The van der Waals surface area contributed by atoms with Crippen LogP contribution in [0.3, 0.4) is 0 Å². The van der Waals surface area contributed by atoms with Crippen molar-refractivity contribution in [2.45, 2.75) is 19.4 Å². The highest BCUT2D eigenvalue weighted by Gasteiger charge is 2.28. The van der Waals surface area contributed by atoms with Crippen LogP contribution in [0, 0.1) is 17.6 Å². The van der Waals surface area contributed by atoms with Crippen LogP contribution in [0.4, 0.5) is 8.78 Å². The fraction of sp³-hybridized carbons (Fsp3) is 0.353. The molecule has 0 bridgehead atoms. The molecule has 1 aromatic heterocycles. The lowest BCUT2D eigenvalue weighted by atomic mass is 9.89. The van der Waals surface area contributed by atoms with Gasteiger partial charge < -0.3 is 0 Å². The number of carbonyl (C=O) groups is 1. The third-order valence-corrected chi connectivity index (χ3v) is 4.79. The standard InChI is InChI=1S/C17H17F2NOS/c18-14-3-4-16(19)15(8-14)17(21)13-2-1-6-20(10-13)9-12-5-7-22-11-12/h3-5,7-8,11,13H,1-2,6,9-10H2. The summed E-state index contributed by atoms with van der Waals surface area (Å²) < 4.78 is 27.1. The maximum absolute atomic E-state index is 13.8. The van der Waals surface area contributed by atoms with Gasteiger partial charge in [-0.25, -0.2) is 8.78 Å². The lowest BCUT2D eigenvalue weighted by molar-refractivity contribution is 0.0807. The summed E-state index contributed by atoms with van der Waals surface area (Å²) in [6, 6.07) is 5.14. The average Bonchev–Trinajstić information content (AvgIpc) is 3.02. The third kappa shape index (κ3) is 3.42. The molecule has 2 aromatic rings. The topological polar surface area (TPSA) is 20.3 Å². The number of rotatable bonds is 4. The van der Waals surface area contributed by atoms with Gasteiger partial charge in [0.05, 0.1) is 5.56 Å². The summed E-state index contributed by atoms with van der Waals surface area (Å²) >= 11 is 1.65. The molecule has 2 nitrogen and oxygen atoms in total. The van der Waals surface area contributed by atoms with Crippen molar-refractivity contribution in [3.63, 3.8) is 0 Å². The lowest BCUT2D eigenvalue weighted by Crippen LogP contribution is -2.38. The minimum Gasteiger partial charge on any atom is -0.298 e. The Morgan fingerprint density at radius 2 is 2.18 bits per heavy atom. The first-order chi connectivity index (χ1) is 10.6. The fourth-order valence-electron chi connectivity index (χ4n) is 2.96. The van der Waals surface area contributed by atoms with Crippen LogP contribution in [0.2, 0.25) is 0 Å². The second kappa shape index (κ2) is 6.67. The molecule has 0 N–H and O–H groups in total.